The van der Waals surface area contributed by atoms with Crippen LogP contribution in [0.1, 0.15) is 19.3 Å². The molecule has 13 heteroatoms. The van der Waals surface area contributed by atoms with E-state index >= 15 is 4.39 Å². The molecule has 2 nitrogen and oxygen atoms in total. The van der Waals surface area contributed by atoms with E-state index in [0.717, 1.165) is 4.90 Å². The van der Waals surface area contributed by atoms with Crippen molar-refractivity contribution in [2.75, 3.05) is 26.3 Å². The standard InChI is InChI=1S/C14H18F10INO/c1-25-12(18,8-27-7-11(16,17)9(15)13(19,20)21)10(14(22,23)24)26-5-3-2-4-6-26/h9-10H,1-8H2. The highest BCUT2D eigenvalue weighted by Gasteiger charge is 2.59. The number of hydrogen-bond donors (Lipinski definition) is 0. The summed E-state index contributed by atoms with van der Waals surface area (Å²) < 4.78 is 135. The third kappa shape index (κ3) is 6.68. The summed E-state index contributed by atoms with van der Waals surface area (Å²) in [6.07, 6.45) is -14.1. The smallest absolute Gasteiger partial charge is 0.371 e. The lowest BCUT2D eigenvalue weighted by Gasteiger charge is -2.41. The highest BCUT2D eigenvalue weighted by molar-refractivity contribution is 14.2. The molecule has 1 rings (SSSR count). The molecule has 1 saturated heterocycles. The van der Waals surface area contributed by atoms with E-state index in [0.29, 0.717) is 19.3 Å². The molecule has 1 aliphatic rings. The van der Waals surface area contributed by atoms with Gasteiger partial charge in [-0.25, -0.2) is 17.6 Å². The lowest BCUT2D eigenvalue weighted by atomic mass is 10.0. The van der Waals surface area contributed by atoms with Crippen LogP contribution >= 0.6 is 20.7 Å². The second-order valence-corrected chi connectivity index (χ2v) is 8.65. The number of piperidine rings is 1. The predicted molar refractivity (Wildman–Crippen MR) is 87.0 cm³/mol. The second-order valence-electron chi connectivity index (χ2n) is 6.09. The molecule has 0 N–H and O–H groups in total. The minimum atomic E-state index is -5.89. The lowest BCUT2D eigenvalue weighted by molar-refractivity contribution is -0.258. The van der Waals surface area contributed by atoms with E-state index in [4.69, 9.17) is 0 Å². The maximum atomic E-state index is 15.0. The minimum absolute atomic E-state index is 0.0730. The van der Waals surface area contributed by atoms with E-state index in [1.807, 2.05) is 0 Å². The topological polar surface area (TPSA) is 12.5 Å². The Bertz CT molecular complexity index is 491. The zero-order chi connectivity index (χ0) is 21.1. The van der Waals surface area contributed by atoms with E-state index in [2.05, 4.69) is 9.25 Å². The van der Waals surface area contributed by atoms with Crippen molar-refractivity contribution in [1.29, 1.82) is 0 Å². The Balaban J connectivity index is 2.90. The maximum absolute atomic E-state index is 15.0. The summed E-state index contributed by atoms with van der Waals surface area (Å²) in [5.74, 6) is -5.06. The van der Waals surface area contributed by atoms with Gasteiger partial charge in [-0.2, -0.15) is 26.3 Å². The van der Waals surface area contributed by atoms with Crippen LogP contribution in [0.5, 0.6) is 0 Å². The zero-order valence-corrected chi connectivity index (χ0v) is 16.0. The van der Waals surface area contributed by atoms with Gasteiger partial charge in [0.2, 0.25) is 3.68 Å². The van der Waals surface area contributed by atoms with Gasteiger partial charge in [-0.05, 0) is 25.9 Å². The van der Waals surface area contributed by atoms with Crippen molar-refractivity contribution in [1.82, 2.24) is 4.90 Å². The van der Waals surface area contributed by atoms with Crippen molar-refractivity contribution in [3.63, 3.8) is 0 Å². The molecular weight excluding hydrogens is 515 g/mol. The van der Waals surface area contributed by atoms with Crippen LogP contribution in [0.3, 0.4) is 0 Å². The molecule has 1 heterocycles. The van der Waals surface area contributed by atoms with Crippen LogP contribution in [0.4, 0.5) is 43.9 Å². The van der Waals surface area contributed by atoms with E-state index in [9.17, 15) is 39.5 Å². The number of ether oxygens (including phenoxy) is 1. The number of hydrogen-bond acceptors (Lipinski definition) is 2. The average molecular weight is 533 g/mol. The van der Waals surface area contributed by atoms with E-state index in [-0.39, 0.29) is 13.1 Å². The summed E-state index contributed by atoms with van der Waals surface area (Å²) in [5, 5.41) is 0. The Hall–Kier alpha value is -0.180. The van der Waals surface area contributed by atoms with E-state index in [1.54, 1.807) is 0 Å². The molecule has 0 aromatic rings. The number of nitrogens with zero attached hydrogens (tertiary/aromatic N) is 1. The molecule has 3 atom stereocenters. The Labute approximate surface area is 159 Å². The minimum Gasteiger partial charge on any atom is -0.371 e. The van der Waals surface area contributed by atoms with Gasteiger partial charge in [0.15, 0.2) is 6.04 Å². The molecule has 0 bridgehead atoms. The van der Waals surface area contributed by atoms with Crippen LogP contribution in [0.15, 0.2) is 0 Å². The Morgan fingerprint density at radius 2 is 1.37 bits per heavy atom. The number of rotatable bonds is 8. The summed E-state index contributed by atoms with van der Waals surface area (Å²) in [6, 6.07) is -2.67. The van der Waals surface area contributed by atoms with Crippen molar-refractivity contribution < 1.29 is 48.6 Å². The van der Waals surface area contributed by atoms with Crippen LogP contribution in [0, 0.1) is 0 Å². The molecule has 27 heavy (non-hydrogen) atoms. The first-order valence-electron chi connectivity index (χ1n) is 7.71. The first-order valence-corrected chi connectivity index (χ1v) is 10.3. The lowest BCUT2D eigenvalue weighted by Crippen LogP contribution is -2.59. The molecule has 0 aliphatic carbocycles. The quantitative estimate of drug-likeness (QED) is 0.247. The van der Waals surface area contributed by atoms with Gasteiger partial charge in [0, 0.05) is 0 Å². The first-order chi connectivity index (χ1) is 12.1. The van der Waals surface area contributed by atoms with Gasteiger partial charge >= 0.3 is 18.3 Å². The Morgan fingerprint density at radius 1 is 0.852 bits per heavy atom. The summed E-state index contributed by atoms with van der Waals surface area (Å²) in [4.78, 5) is 0.823. The predicted octanol–water partition coefficient (Wildman–Crippen LogP) is 5.02. The van der Waals surface area contributed by atoms with Gasteiger partial charge in [0.1, 0.15) is 6.61 Å². The molecule has 1 aliphatic heterocycles. The fourth-order valence-corrected chi connectivity index (χ4v) is 4.32. The van der Waals surface area contributed by atoms with Crippen LogP contribution in [0.25, 0.3) is 0 Å². The molecular formula is C14H18F10INO. The largest absolute Gasteiger partial charge is 0.425 e. The van der Waals surface area contributed by atoms with Crippen LogP contribution < -0.4 is 0 Å². The summed E-state index contributed by atoms with van der Waals surface area (Å²) in [6.45, 7) is -3.90. The van der Waals surface area contributed by atoms with Crippen LogP contribution in [0.2, 0.25) is 0 Å². The average Bonchev–Trinajstić information content (AvgIpc) is 2.52. The van der Waals surface area contributed by atoms with Crippen molar-refractivity contribution in [3.8, 4) is 0 Å². The van der Waals surface area contributed by atoms with Gasteiger partial charge in [-0.15, -0.1) is 0 Å². The fraction of sp³-hybridized carbons (Fsp3) is 0.929. The van der Waals surface area contributed by atoms with Crippen molar-refractivity contribution in [3.05, 3.63) is 0 Å². The van der Waals surface area contributed by atoms with Gasteiger partial charge in [0.25, 0.3) is 6.17 Å². The van der Waals surface area contributed by atoms with Crippen LogP contribution in [-0.2, 0) is 4.74 Å². The number of alkyl halides is 11. The molecule has 1 fully saturated rings. The number of likely N-dealkylation sites (tertiary alicyclic amines) is 1. The third-order valence-electron chi connectivity index (χ3n) is 3.94. The van der Waals surface area contributed by atoms with Gasteiger partial charge < -0.3 is 4.74 Å². The summed E-state index contributed by atoms with van der Waals surface area (Å²) >= 11 is -2.13. The molecule has 0 radical (unpaired) electrons. The zero-order valence-electron chi connectivity index (χ0n) is 13.8. The number of halogens is 11. The van der Waals surface area contributed by atoms with Crippen molar-refractivity contribution in [2.45, 2.75) is 53.4 Å². The molecule has 0 amide bonds. The van der Waals surface area contributed by atoms with Gasteiger partial charge in [0.05, 0.1) is 6.61 Å². The maximum Gasteiger partial charge on any atom is 0.425 e. The van der Waals surface area contributed by atoms with E-state index in [1.165, 1.54) is 0 Å². The summed E-state index contributed by atoms with van der Waals surface area (Å²) in [7, 11) is 0. The molecule has 162 valence electrons. The van der Waals surface area contributed by atoms with Gasteiger partial charge in [-0.3, -0.25) is 4.90 Å². The SMILES string of the molecule is C=IC(F)(COCC(F)(F)C(F)C(F)(F)F)C(N1CCCCC1)C(F)(F)F. The van der Waals surface area contributed by atoms with E-state index < -0.39 is 68.1 Å². The van der Waals surface area contributed by atoms with Crippen molar-refractivity contribution >= 4 is 25.2 Å². The molecule has 0 saturated carbocycles. The van der Waals surface area contributed by atoms with Crippen molar-refractivity contribution in [2.24, 2.45) is 0 Å². The normalized spacial score (nSPS) is 22.3. The monoisotopic (exact) mass is 533 g/mol. The molecule has 0 spiro atoms. The third-order valence-corrected chi connectivity index (χ3v) is 6.10. The Kier molecular flexibility index (Phi) is 8.37. The highest BCUT2D eigenvalue weighted by Crippen LogP contribution is 2.43. The Morgan fingerprint density at radius 3 is 1.78 bits per heavy atom. The molecule has 3 unspecified atom stereocenters. The van der Waals surface area contributed by atoms with Crippen LogP contribution in [-0.4, -0.2) is 69.9 Å². The first kappa shape index (κ1) is 24.9. The second kappa shape index (κ2) is 9.09. The highest BCUT2D eigenvalue weighted by atomic mass is 127. The van der Waals surface area contributed by atoms with Gasteiger partial charge in [-0.1, -0.05) is 31.7 Å². The molecule has 0 aromatic carbocycles. The fourth-order valence-electron chi connectivity index (χ4n) is 2.72. The summed E-state index contributed by atoms with van der Waals surface area (Å²) in [5.41, 5.74) is 0. The molecule has 0 aromatic heterocycles.